The predicted octanol–water partition coefficient (Wildman–Crippen LogP) is 5.13. The number of nitrogens with zero attached hydrogens (tertiary/aromatic N) is 1. The highest BCUT2D eigenvalue weighted by Gasteiger charge is 2.13. The molecule has 0 amide bonds. The molecular weight excluding hydrogens is 286 g/mol. The zero-order valence-corrected chi connectivity index (χ0v) is 13.5. The Kier molecular flexibility index (Phi) is 5.96. The molecule has 3 heteroatoms. The molecule has 0 heterocycles. The van der Waals surface area contributed by atoms with Crippen molar-refractivity contribution >= 4 is 23.4 Å². The molecule has 0 N–H and O–H groups in total. The average molecular weight is 306 g/mol. The lowest BCUT2D eigenvalue weighted by Gasteiger charge is -2.25. The number of benzene rings is 2. The van der Waals surface area contributed by atoms with E-state index >= 15 is 0 Å². The van der Waals surface area contributed by atoms with Crippen molar-refractivity contribution in [2.75, 3.05) is 19.3 Å². The van der Waals surface area contributed by atoms with E-state index in [0.29, 0.717) is 6.04 Å². The molecule has 0 fully saturated rings. The fourth-order valence-corrected chi connectivity index (χ4v) is 3.33. The third-order valence-electron chi connectivity index (χ3n) is 3.47. The van der Waals surface area contributed by atoms with E-state index in [1.807, 2.05) is 30.0 Å². The summed E-state index contributed by atoms with van der Waals surface area (Å²) in [6.45, 7) is 3.24. The Morgan fingerprint density at radius 2 is 1.70 bits per heavy atom. The van der Waals surface area contributed by atoms with Gasteiger partial charge in [0.05, 0.1) is 0 Å². The van der Waals surface area contributed by atoms with Crippen LogP contribution in [-0.4, -0.2) is 24.2 Å². The van der Waals surface area contributed by atoms with Crippen LogP contribution in [0.2, 0.25) is 5.02 Å². The van der Waals surface area contributed by atoms with Crippen LogP contribution in [0.4, 0.5) is 0 Å². The van der Waals surface area contributed by atoms with Gasteiger partial charge in [0.25, 0.3) is 0 Å². The van der Waals surface area contributed by atoms with Gasteiger partial charge in [0.1, 0.15) is 0 Å². The van der Waals surface area contributed by atoms with Gasteiger partial charge in [0.2, 0.25) is 0 Å². The highest BCUT2D eigenvalue weighted by Crippen LogP contribution is 2.26. The summed E-state index contributed by atoms with van der Waals surface area (Å²) < 4.78 is 0. The highest BCUT2D eigenvalue weighted by molar-refractivity contribution is 7.99. The summed E-state index contributed by atoms with van der Waals surface area (Å²) in [5.74, 6) is 1.08. The minimum Gasteiger partial charge on any atom is -0.299 e. The van der Waals surface area contributed by atoms with E-state index in [1.165, 1.54) is 10.5 Å². The summed E-state index contributed by atoms with van der Waals surface area (Å²) in [5, 5.41) is 0.850. The molecule has 0 aliphatic heterocycles. The van der Waals surface area contributed by atoms with Gasteiger partial charge in [-0.2, -0.15) is 0 Å². The molecule has 1 atom stereocenters. The molecule has 0 bridgehead atoms. The SMILES string of the molecule is CC(c1ccccc1Cl)N(C)CCSc1ccccc1. The Balaban J connectivity index is 1.86. The summed E-state index contributed by atoms with van der Waals surface area (Å²) in [5.41, 5.74) is 1.20. The minimum absolute atomic E-state index is 0.333. The Hall–Kier alpha value is -0.960. The summed E-state index contributed by atoms with van der Waals surface area (Å²) in [6, 6.07) is 18.9. The number of thioether (sulfide) groups is 1. The quantitative estimate of drug-likeness (QED) is 0.681. The second-order valence-electron chi connectivity index (χ2n) is 4.84. The molecule has 0 spiro atoms. The first-order valence-corrected chi connectivity index (χ1v) is 8.17. The van der Waals surface area contributed by atoms with E-state index < -0.39 is 0 Å². The summed E-state index contributed by atoms with van der Waals surface area (Å²) in [4.78, 5) is 3.67. The van der Waals surface area contributed by atoms with Crippen LogP contribution in [0.25, 0.3) is 0 Å². The molecule has 20 heavy (non-hydrogen) atoms. The van der Waals surface area contributed by atoms with E-state index in [2.05, 4.69) is 55.3 Å². The zero-order chi connectivity index (χ0) is 14.4. The van der Waals surface area contributed by atoms with E-state index in [4.69, 9.17) is 11.6 Å². The fourth-order valence-electron chi connectivity index (χ4n) is 2.07. The van der Waals surface area contributed by atoms with E-state index in [9.17, 15) is 0 Å². The molecule has 0 saturated heterocycles. The number of halogens is 1. The first-order valence-electron chi connectivity index (χ1n) is 6.81. The van der Waals surface area contributed by atoms with Crippen LogP contribution in [0.3, 0.4) is 0 Å². The van der Waals surface area contributed by atoms with Crippen molar-refractivity contribution in [2.45, 2.75) is 17.9 Å². The maximum absolute atomic E-state index is 6.26. The van der Waals surface area contributed by atoms with E-state index in [1.54, 1.807) is 0 Å². The monoisotopic (exact) mass is 305 g/mol. The largest absolute Gasteiger partial charge is 0.299 e. The molecule has 2 aromatic carbocycles. The van der Waals surface area contributed by atoms with Crippen molar-refractivity contribution in [3.8, 4) is 0 Å². The molecule has 1 unspecified atom stereocenters. The van der Waals surface area contributed by atoms with Gasteiger partial charge in [-0.3, -0.25) is 4.90 Å². The van der Waals surface area contributed by atoms with Crippen LogP contribution in [-0.2, 0) is 0 Å². The molecule has 0 aliphatic rings. The minimum atomic E-state index is 0.333. The Morgan fingerprint density at radius 1 is 1.05 bits per heavy atom. The van der Waals surface area contributed by atoms with Crippen LogP contribution in [0.5, 0.6) is 0 Å². The van der Waals surface area contributed by atoms with E-state index in [-0.39, 0.29) is 0 Å². The average Bonchev–Trinajstić information content (AvgIpc) is 2.48. The molecule has 2 aromatic rings. The van der Waals surface area contributed by atoms with Gasteiger partial charge in [0, 0.05) is 28.3 Å². The first kappa shape index (κ1) is 15.4. The third-order valence-corrected chi connectivity index (χ3v) is 4.81. The van der Waals surface area contributed by atoms with Crippen LogP contribution >= 0.6 is 23.4 Å². The number of rotatable bonds is 6. The molecule has 106 valence electrons. The summed E-state index contributed by atoms with van der Waals surface area (Å²) in [6.07, 6.45) is 0. The van der Waals surface area contributed by atoms with Crippen LogP contribution < -0.4 is 0 Å². The van der Waals surface area contributed by atoms with Crippen molar-refractivity contribution in [2.24, 2.45) is 0 Å². The lowest BCUT2D eigenvalue weighted by molar-refractivity contribution is 0.278. The highest BCUT2D eigenvalue weighted by atomic mass is 35.5. The predicted molar refractivity (Wildman–Crippen MR) is 89.7 cm³/mol. The molecular formula is C17H20ClNS. The topological polar surface area (TPSA) is 3.24 Å². The van der Waals surface area contributed by atoms with Gasteiger partial charge >= 0.3 is 0 Å². The Morgan fingerprint density at radius 3 is 2.40 bits per heavy atom. The van der Waals surface area contributed by atoms with Crippen LogP contribution in [0.15, 0.2) is 59.5 Å². The fraction of sp³-hybridized carbons (Fsp3) is 0.294. The standard InChI is InChI=1S/C17H20ClNS/c1-14(16-10-6-7-11-17(16)18)19(2)12-13-20-15-8-4-3-5-9-15/h3-11,14H,12-13H2,1-2H3. The van der Waals surface area contributed by atoms with Gasteiger partial charge in [-0.25, -0.2) is 0 Å². The molecule has 2 rings (SSSR count). The molecule has 0 aromatic heterocycles. The lowest BCUT2D eigenvalue weighted by Crippen LogP contribution is -2.25. The molecule has 1 nitrogen and oxygen atoms in total. The lowest BCUT2D eigenvalue weighted by atomic mass is 10.1. The van der Waals surface area contributed by atoms with Crippen molar-refractivity contribution in [3.05, 3.63) is 65.2 Å². The normalized spacial score (nSPS) is 12.6. The van der Waals surface area contributed by atoms with Crippen molar-refractivity contribution < 1.29 is 0 Å². The van der Waals surface area contributed by atoms with Gasteiger partial charge < -0.3 is 0 Å². The van der Waals surface area contributed by atoms with Gasteiger partial charge in [-0.1, -0.05) is 48.0 Å². The maximum atomic E-state index is 6.26. The number of hydrogen-bond donors (Lipinski definition) is 0. The van der Waals surface area contributed by atoms with Crippen LogP contribution in [0.1, 0.15) is 18.5 Å². The number of hydrogen-bond acceptors (Lipinski definition) is 2. The Labute approximate surface area is 130 Å². The maximum Gasteiger partial charge on any atom is 0.0453 e. The zero-order valence-electron chi connectivity index (χ0n) is 11.9. The molecule has 0 radical (unpaired) electrons. The second-order valence-corrected chi connectivity index (χ2v) is 6.42. The third kappa shape index (κ3) is 4.27. The van der Waals surface area contributed by atoms with Gasteiger partial charge in [-0.05, 0) is 37.7 Å². The van der Waals surface area contributed by atoms with E-state index in [0.717, 1.165) is 17.3 Å². The second kappa shape index (κ2) is 7.72. The molecule has 0 aliphatic carbocycles. The molecule has 0 saturated carbocycles. The van der Waals surface area contributed by atoms with Crippen molar-refractivity contribution in [3.63, 3.8) is 0 Å². The van der Waals surface area contributed by atoms with Gasteiger partial charge in [0.15, 0.2) is 0 Å². The Bertz CT molecular complexity index is 530. The smallest absolute Gasteiger partial charge is 0.0453 e. The van der Waals surface area contributed by atoms with Crippen LogP contribution in [0, 0.1) is 0 Å². The first-order chi connectivity index (χ1) is 9.68. The van der Waals surface area contributed by atoms with Gasteiger partial charge in [-0.15, -0.1) is 11.8 Å². The summed E-state index contributed by atoms with van der Waals surface area (Å²) in [7, 11) is 2.15. The van der Waals surface area contributed by atoms with Crippen molar-refractivity contribution in [1.82, 2.24) is 4.90 Å². The van der Waals surface area contributed by atoms with Crippen molar-refractivity contribution in [1.29, 1.82) is 0 Å². The summed E-state index contributed by atoms with van der Waals surface area (Å²) >= 11 is 8.15.